The lowest BCUT2D eigenvalue weighted by Gasteiger charge is -2.30. The molecular weight excluding hydrogens is 314 g/mol. The maximum absolute atomic E-state index is 12.4. The van der Waals surface area contributed by atoms with Gasteiger partial charge in [-0.15, -0.1) is 11.3 Å². The Labute approximate surface area is 137 Å². The summed E-state index contributed by atoms with van der Waals surface area (Å²) in [6.07, 6.45) is 1.09. The van der Waals surface area contributed by atoms with Crippen LogP contribution in [0.3, 0.4) is 0 Å². The molecule has 4 rings (SSSR count). The second-order valence-corrected chi connectivity index (χ2v) is 6.90. The summed E-state index contributed by atoms with van der Waals surface area (Å²) >= 11 is 7.93. The number of hydrogen-bond acceptors (Lipinski definition) is 2. The number of likely N-dealkylation sites (tertiary alicyclic amines) is 1. The van der Waals surface area contributed by atoms with E-state index in [1.807, 2.05) is 29.2 Å². The Morgan fingerprint density at radius 3 is 2.50 bits per heavy atom. The molecule has 0 N–H and O–H groups in total. The zero-order valence-corrected chi connectivity index (χ0v) is 13.5. The number of rotatable bonds is 2. The van der Waals surface area contributed by atoms with Gasteiger partial charge in [0.05, 0.1) is 5.02 Å². The molecule has 1 amide bonds. The fourth-order valence-electron chi connectivity index (χ4n) is 2.68. The molecule has 0 radical (unpaired) electrons. The van der Waals surface area contributed by atoms with Gasteiger partial charge in [-0.3, -0.25) is 4.79 Å². The second kappa shape index (κ2) is 5.41. The fourth-order valence-corrected chi connectivity index (χ4v) is 4.20. The second-order valence-electron chi connectivity index (χ2n) is 5.47. The van der Waals surface area contributed by atoms with E-state index in [0.29, 0.717) is 9.90 Å². The van der Waals surface area contributed by atoms with Crippen LogP contribution in [-0.4, -0.2) is 23.9 Å². The van der Waals surface area contributed by atoms with Gasteiger partial charge in [0.1, 0.15) is 4.88 Å². The maximum atomic E-state index is 12.4. The minimum absolute atomic E-state index is 0.0683. The van der Waals surface area contributed by atoms with Gasteiger partial charge >= 0.3 is 0 Å². The molecule has 110 valence electrons. The lowest BCUT2D eigenvalue weighted by molar-refractivity contribution is 0.0657. The summed E-state index contributed by atoms with van der Waals surface area (Å²) in [7, 11) is 0. The third-order valence-electron chi connectivity index (χ3n) is 4.07. The summed E-state index contributed by atoms with van der Waals surface area (Å²) < 4.78 is 1.07. The molecule has 0 unspecified atom stereocenters. The highest BCUT2D eigenvalue weighted by Crippen LogP contribution is 2.38. The number of carbonyl (C=O) groups excluding carboxylic acids is 1. The van der Waals surface area contributed by atoms with Gasteiger partial charge in [0, 0.05) is 23.2 Å². The van der Waals surface area contributed by atoms with E-state index < -0.39 is 0 Å². The zero-order valence-electron chi connectivity index (χ0n) is 11.9. The first kappa shape index (κ1) is 13.8. The van der Waals surface area contributed by atoms with Crippen LogP contribution in [0.15, 0.2) is 48.5 Å². The number of hydrogen-bond donors (Lipinski definition) is 0. The predicted molar refractivity (Wildman–Crippen MR) is 92.8 cm³/mol. The van der Waals surface area contributed by atoms with Gasteiger partial charge in [-0.1, -0.05) is 54.1 Å². The molecule has 0 aliphatic carbocycles. The van der Waals surface area contributed by atoms with E-state index in [4.69, 9.17) is 11.6 Å². The minimum Gasteiger partial charge on any atom is -0.338 e. The number of benzene rings is 2. The van der Waals surface area contributed by atoms with Crippen LogP contribution in [0.5, 0.6) is 0 Å². The van der Waals surface area contributed by atoms with Crippen molar-refractivity contribution in [2.75, 3.05) is 13.1 Å². The topological polar surface area (TPSA) is 20.3 Å². The molecule has 0 atom stereocenters. The third kappa shape index (κ3) is 2.21. The maximum Gasteiger partial charge on any atom is 0.265 e. The minimum atomic E-state index is 0.0683. The van der Waals surface area contributed by atoms with E-state index in [1.165, 1.54) is 16.9 Å². The van der Waals surface area contributed by atoms with E-state index in [2.05, 4.69) is 24.3 Å². The van der Waals surface area contributed by atoms with Crippen LogP contribution in [-0.2, 0) is 0 Å². The van der Waals surface area contributed by atoms with Crippen molar-refractivity contribution in [2.24, 2.45) is 0 Å². The SMILES string of the molecule is O=C(c1sc2cc(-c3ccccc3)ccc2c1Cl)N1CCC1. The number of nitrogens with zero attached hydrogens (tertiary/aromatic N) is 1. The average Bonchev–Trinajstić information content (AvgIpc) is 2.83. The van der Waals surface area contributed by atoms with Crippen molar-refractivity contribution in [3.05, 3.63) is 58.4 Å². The monoisotopic (exact) mass is 327 g/mol. The summed E-state index contributed by atoms with van der Waals surface area (Å²) in [6, 6.07) is 16.4. The first-order valence-corrected chi connectivity index (χ1v) is 8.50. The van der Waals surface area contributed by atoms with Crippen LogP contribution in [0.4, 0.5) is 0 Å². The lowest BCUT2D eigenvalue weighted by Crippen LogP contribution is -2.41. The highest BCUT2D eigenvalue weighted by Gasteiger charge is 2.26. The summed E-state index contributed by atoms with van der Waals surface area (Å²) in [6.45, 7) is 1.69. The van der Waals surface area contributed by atoms with E-state index in [9.17, 15) is 4.79 Å². The molecule has 1 aromatic heterocycles. The van der Waals surface area contributed by atoms with Crippen molar-refractivity contribution in [3.63, 3.8) is 0 Å². The van der Waals surface area contributed by atoms with E-state index in [1.54, 1.807) is 0 Å². The third-order valence-corrected chi connectivity index (χ3v) is 5.72. The molecule has 0 bridgehead atoms. The molecule has 0 saturated carbocycles. The molecule has 1 aliphatic rings. The molecule has 1 saturated heterocycles. The van der Waals surface area contributed by atoms with Crippen LogP contribution in [0.1, 0.15) is 16.1 Å². The van der Waals surface area contributed by atoms with Crippen LogP contribution >= 0.6 is 22.9 Å². The highest BCUT2D eigenvalue weighted by molar-refractivity contribution is 7.21. The number of fused-ring (bicyclic) bond motifs is 1. The number of amides is 1. The summed E-state index contributed by atoms with van der Waals surface area (Å²) in [5, 5.41) is 1.56. The first-order chi connectivity index (χ1) is 10.7. The number of thiophene rings is 1. The van der Waals surface area contributed by atoms with Gasteiger partial charge in [0.25, 0.3) is 5.91 Å². The van der Waals surface area contributed by atoms with Gasteiger partial charge < -0.3 is 4.90 Å². The summed E-state index contributed by atoms with van der Waals surface area (Å²) in [5.74, 6) is 0.0683. The van der Waals surface area contributed by atoms with Crippen molar-refractivity contribution in [1.29, 1.82) is 0 Å². The Morgan fingerprint density at radius 1 is 1.05 bits per heavy atom. The Morgan fingerprint density at radius 2 is 1.82 bits per heavy atom. The Bertz CT molecular complexity index is 852. The van der Waals surface area contributed by atoms with Crippen molar-refractivity contribution < 1.29 is 4.79 Å². The predicted octanol–water partition coefficient (Wildman–Crippen LogP) is 5.07. The van der Waals surface area contributed by atoms with E-state index in [-0.39, 0.29) is 5.91 Å². The average molecular weight is 328 g/mol. The van der Waals surface area contributed by atoms with Crippen LogP contribution in [0, 0.1) is 0 Å². The van der Waals surface area contributed by atoms with Gasteiger partial charge in [-0.2, -0.15) is 0 Å². The molecule has 1 fully saturated rings. The van der Waals surface area contributed by atoms with Gasteiger partial charge in [-0.25, -0.2) is 0 Å². The molecule has 3 aromatic rings. The zero-order chi connectivity index (χ0) is 15.1. The van der Waals surface area contributed by atoms with Crippen LogP contribution in [0.25, 0.3) is 21.2 Å². The van der Waals surface area contributed by atoms with Crippen molar-refractivity contribution in [2.45, 2.75) is 6.42 Å². The molecular formula is C18H14ClNOS. The quantitative estimate of drug-likeness (QED) is 0.643. The fraction of sp³-hybridized carbons (Fsp3) is 0.167. The number of halogens is 1. The smallest absolute Gasteiger partial charge is 0.265 e. The van der Waals surface area contributed by atoms with Crippen molar-refractivity contribution in [3.8, 4) is 11.1 Å². The Hall–Kier alpha value is -1.84. The summed E-state index contributed by atoms with van der Waals surface area (Å²) in [5.41, 5.74) is 2.32. The molecule has 0 spiro atoms. The molecule has 2 aromatic carbocycles. The standard InChI is InChI=1S/C18H14ClNOS/c19-16-14-8-7-13(12-5-2-1-3-6-12)11-15(14)22-17(16)18(21)20-9-4-10-20/h1-3,5-8,11H,4,9-10H2. The lowest BCUT2D eigenvalue weighted by atomic mass is 10.0. The molecule has 4 heteroatoms. The van der Waals surface area contributed by atoms with Gasteiger partial charge in [-0.05, 0) is 23.6 Å². The normalized spacial score (nSPS) is 14.1. The largest absolute Gasteiger partial charge is 0.338 e. The Kier molecular flexibility index (Phi) is 3.40. The molecule has 22 heavy (non-hydrogen) atoms. The summed E-state index contributed by atoms with van der Waals surface area (Å²) in [4.78, 5) is 14.9. The van der Waals surface area contributed by atoms with Gasteiger partial charge in [0.15, 0.2) is 0 Å². The molecule has 2 heterocycles. The highest BCUT2D eigenvalue weighted by atomic mass is 35.5. The van der Waals surface area contributed by atoms with Crippen molar-refractivity contribution in [1.82, 2.24) is 4.90 Å². The Balaban J connectivity index is 1.79. The van der Waals surface area contributed by atoms with Crippen molar-refractivity contribution >= 4 is 38.9 Å². The molecule has 1 aliphatic heterocycles. The van der Waals surface area contributed by atoms with E-state index >= 15 is 0 Å². The molecule has 2 nitrogen and oxygen atoms in total. The van der Waals surface area contributed by atoms with E-state index in [0.717, 1.165) is 35.2 Å². The first-order valence-electron chi connectivity index (χ1n) is 7.31. The van der Waals surface area contributed by atoms with Gasteiger partial charge in [0.2, 0.25) is 0 Å². The number of carbonyl (C=O) groups is 1. The van der Waals surface area contributed by atoms with Crippen LogP contribution in [0.2, 0.25) is 5.02 Å². The van der Waals surface area contributed by atoms with Crippen LogP contribution < -0.4 is 0 Å².